The lowest BCUT2D eigenvalue weighted by Gasteiger charge is -2.38. The van der Waals surface area contributed by atoms with Crippen LogP contribution in [0.1, 0.15) is 28.9 Å². The summed E-state index contributed by atoms with van der Waals surface area (Å²) in [7, 11) is 0. The molecular weight excluding hydrogens is 368 g/mol. The predicted octanol–water partition coefficient (Wildman–Crippen LogP) is 3.03. The molecule has 0 bridgehead atoms. The Bertz CT molecular complexity index is 845. The highest BCUT2D eigenvalue weighted by molar-refractivity contribution is 6.31. The van der Waals surface area contributed by atoms with E-state index in [1.165, 1.54) is 6.33 Å². The van der Waals surface area contributed by atoms with Crippen LogP contribution in [0.25, 0.3) is 0 Å². The molecule has 1 spiro atoms. The van der Waals surface area contributed by atoms with Gasteiger partial charge in [-0.05, 0) is 24.6 Å². The van der Waals surface area contributed by atoms with Crippen molar-refractivity contribution in [1.29, 1.82) is 0 Å². The number of anilines is 2. The van der Waals surface area contributed by atoms with Crippen LogP contribution in [-0.2, 0) is 9.47 Å². The van der Waals surface area contributed by atoms with Crippen molar-refractivity contribution in [1.82, 2.24) is 9.97 Å². The van der Waals surface area contributed by atoms with E-state index in [-0.39, 0.29) is 5.91 Å². The van der Waals surface area contributed by atoms with Gasteiger partial charge in [0.1, 0.15) is 17.8 Å². The van der Waals surface area contributed by atoms with Gasteiger partial charge >= 0.3 is 0 Å². The number of aromatic nitrogens is 2. The van der Waals surface area contributed by atoms with Crippen molar-refractivity contribution < 1.29 is 14.3 Å². The molecule has 2 fully saturated rings. The molecule has 1 aromatic carbocycles. The van der Waals surface area contributed by atoms with Gasteiger partial charge in [0.05, 0.1) is 13.2 Å². The van der Waals surface area contributed by atoms with Gasteiger partial charge in [-0.15, -0.1) is 0 Å². The molecule has 142 valence electrons. The Kier molecular flexibility index (Phi) is 4.99. The molecule has 2 aliphatic rings. The van der Waals surface area contributed by atoms with Crippen molar-refractivity contribution in [2.45, 2.75) is 25.6 Å². The molecule has 3 heterocycles. The lowest BCUT2D eigenvalue weighted by Crippen LogP contribution is -2.45. The first-order valence-electron chi connectivity index (χ1n) is 8.98. The lowest BCUT2D eigenvalue weighted by atomic mass is 10.0. The molecule has 0 saturated carbocycles. The van der Waals surface area contributed by atoms with Crippen LogP contribution in [0.3, 0.4) is 0 Å². The molecular formula is C19H21ClN4O3. The molecule has 1 aromatic heterocycles. The number of nitrogens with zero attached hydrogens (tertiary/aromatic N) is 3. The molecule has 0 radical (unpaired) electrons. The molecule has 2 saturated heterocycles. The van der Waals surface area contributed by atoms with Crippen LogP contribution in [0.15, 0.2) is 30.6 Å². The molecule has 2 aliphatic heterocycles. The van der Waals surface area contributed by atoms with Crippen molar-refractivity contribution in [3.05, 3.63) is 46.9 Å². The summed E-state index contributed by atoms with van der Waals surface area (Å²) in [6, 6.07) is 7.11. The van der Waals surface area contributed by atoms with Crippen LogP contribution in [0.4, 0.5) is 11.5 Å². The number of hydrogen-bond acceptors (Lipinski definition) is 6. The molecule has 7 nitrogen and oxygen atoms in total. The first kappa shape index (κ1) is 18.2. The van der Waals surface area contributed by atoms with Gasteiger partial charge in [0, 0.05) is 42.7 Å². The molecule has 4 rings (SSSR count). The molecule has 0 aliphatic carbocycles. The van der Waals surface area contributed by atoms with Crippen LogP contribution < -0.4 is 10.2 Å². The van der Waals surface area contributed by atoms with E-state index in [0.717, 1.165) is 37.3 Å². The normalized spacial score (nSPS) is 18.7. The van der Waals surface area contributed by atoms with Gasteiger partial charge in [-0.2, -0.15) is 0 Å². The number of nitrogens with one attached hydrogen (secondary N) is 1. The zero-order valence-electron chi connectivity index (χ0n) is 15.1. The van der Waals surface area contributed by atoms with E-state index in [9.17, 15) is 4.79 Å². The van der Waals surface area contributed by atoms with E-state index >= 15 is 0 Å². The average molecular weight is 389 g/mol. The maximum atomic E-state index is 12.6. The van der Waals surface area contributed by atoms with E-state index in [4.69, 9.17) is 21.1 Å². The zero-order valence-corrected chi connectivity index (χ0v) is 15.8. The second-order valence-corrected chi connectivity index (χ2v) is 7.13. The van der Waals surface area contributed by atoms with Crippen LogP contribution >= 0.6 is 11.6 Å². The summed E-state index contributed by atoms with van der Waals surface area (Å²) in [5.41, 5.74) is 1.80. The summed E-state index contributed by atoms with van der Waals surface area (Å²) in [6.45, 7) is 4.68. The van der Waals surface area contributed by atoms with Crippen molar-refractivity contribution in [2.75, 3.05) is 36.5 Å². The fourth-order valence-corrected chi connectivity index (χ4v) is 3.61. The Morgan fingerprint density at radius 3 is 2.70 bits per heavy atom. The van der Waals surface area contributed by atoms with Gasteiger partial charge in [0.2, 0.25) is 0 Å². The van der Waals surface area contributed by atoms with Crippen molar-refractivity contribution >= 4 is 29.0 Å². The van der Waals surface area contributed by atoms with Gasteiger partial charge in [-0.3, -0.25) is 4.79 Å². The second-order valence-electron chi connectivity index (χ2n) is 6.72. The van der Waals surface area contributed by atoms with Crippen molar-refractivity contribution in [2.24, 2.45) is 0 Å². The molecule has 2 aromatic rings. The monoisotopic (exact) mass is 388 g/mol. The Balaban J connectivity index is 1.46. The second kappa shape index (κ2) is 7.42. The number of carbonyl (C=O) groups excluding carboxylic acids is 1. The fourth-order valence-electron chi connectivity index (χ4n) is 3.44. The number of amides is 1. The minimum absolute atomic E-state index is 0.292. The topological polar surface area (TPSA) is 76.6 Å². The average Bonchev–Trinajstić information content (AvgIpc) is 3.14. The quantitative estimate of drug-likeness (QED) is 0.870. The summed E-state index contributed by atoms with van der Waals surface area (Å²) in [5.74, 6) is -0.000770. The van der Waals surface area contributed by atoms with E-state index in [0.29, 0.717) is 29.6 Å². The number of piperidine rings is 1. The van der Waals surface area contributed by atoms with E-state index < -0.39 is 5.79 Å². The molecule has 27 heavy (non-hydrogen) atoms. The lowest BCUT2D eigenvalue weighted by molar-refractivity contribution is -0.169. The maximum absolute atomic E-state index is 12.6. The third-order valence-electron chi connectivity index (χ3n) is 5.06. The third kappa shape index (κ3) is 3.76. The van der Waals surface area contributed by atoms with Crippen molar-refractivity contribution in [3.63, 3.8) is 0 Å². The molecule has 0 unspecified atom stereocenters. The largest absolute Gasteiger partial charge is 0.356 e. The zero-order chi connectivity index (χ0) is 18.9. The van der Waals surface area contributed by atoms with Crippen LogP contribution in [0, 0.1) is 6.92 Å². The molecule has 1 amide bonds. The molecule has 8 heteroatoms. The highest BCUT2D eigenvalue weighted by atomic mass is 35.5. The van der Waals surface area contributed by atoms with E-state index in [1.807, 2.05) is 13.0 Å². The SMILES string of the molecule is Cc1c(Cl)cccc1NC(=O)c1cc(N2CCC3(CC2)OCCO3)ncn1. The highest BCUT2D eigenvalue weighted by Gasteiger charge is 2.40. The Labute approximate surface area is 162 Å². The van der Waals surface area contributed by atoms with Gasteiger partial charge in [0.25, 0.3) is 5.91 Å². The number of benzene rings is 1. The summed E-state index contributed by atoms with van der Waals surface area (Å²) in [6.07, 6.45) is 2.97. The van der Waals surface area contributed by atoms with Crippen LogP contribution in [-0.4, -0.2) is 48.0 Å². The maximum Gasteiger partial charge on any atom is 0.274 e. The number of carbonyl (C=O) groups is 1. The van der Waals surface area contributed by atoms with E-state index in [2.05, 4.69) is 20.2 Å². The van der Waals surface area contributed by atoms with Crippen LogP contribution in [0.5, 0.6) is 0 Å². The molecule has 0 atom stereocenters. The number of rotatable bonds is 3. The minimum atomic E-state index is -0.437. The minimum Gasteiger partial charge on any atom is -0.356 e. The highest BCUT2D eigenvalue weighted by Crippen LogP contribution is 2.32. The first-order valence-corrected chi connectivity index (χ1v) is 9.35. The number of ether oxygens (including phenoxy) is 2. The number of halogens is 1. The predicted molar refractivity (Wildman–Crippen MR) is 102 cm³/mol. The Morgan fingerprint density at radius 2 is 1.96 bits per heavy atom. The summed E-state index contributed by atoms with van der Waals surface area (Å²) in [5, 5.41) is 3.47. The summed E-state index contributed by atoms with van der Waals surface area (Å²) in [4.78, 5) is 23.2. The van der Waals surface area contributed by atoms with Crippen LogP contribution in [0.2, 0.25) is 5.02 Å². The van der Waals surface area contributed by atoms with Gasteiger partial charge in [-0.1, -0.05) is 17.7 Å². The van der Waals surface area contributed by atoms with E-state index in [1.54, 1.807) is 18.2 Å². The Morgan fingerprint density at radius 1 is 1.22 bits per heavy atom. The van der Waals surface area contributed by atoms with Gasteiger partial charge in [0.15, 0.2) is 5.79 Å². The van der Waals surface area contributed by atoms with Gasteiger partial charge < -0.3 is 19.7 Å². The first-order chi connectivity index (χ1) is 13.1. The fraction of sp³-hybridized carbons (Fsp3) is 0.421. The summed E-state index contributed by atoms with van der Waals surface area (Å²) >= 11 is 6.12. The Hall–Kier alpha value is -2.22. The molecule has 1 N–H and O–H groups in total. The van der Waals surface area contributed by atoms with Crippen molar-refractivity contribution in [3.8, 4) is 0 Å². The summed E-state index contributed by atoms with van der Waals surface area (Å²) < 4.78 is 11.5. The standard InChI is InChI=1S/C19H21ClN4O3/c1-13-14(20)3-2-4-15(13)23-18(25)16-11-17(22-12-21-16)24-7-5-19(6-8-24)26-9-10-27-19/h2-4,11-12H,5-10H2,1H3,(H,23,25). The number of hydrogen-bond donors (Lipinski definition) is 1. The smallest absolute Gasteiger partial charge is 0.274 e. The van der Waals surface area contributed by atoms with Gasteiger partial charge in [-0.25, -0.2) is 9.97 Å². The third-order valence-corrected chi connectivity index (χ3v) is 5.47.